The van der Waals surface area contributed by atoms with Gasteiger partial charge in [-0.3, -0.25) is 0 Å². The summed E-state index contributed by atoms with van der Waals surface area (Å²) >= 11 is 0. The fourth-order valence-electron chi connectivity index (χ4n) is 0.992. The molecular formula is C13H15O. The average molecular weight is 187 g/mol. The normalized spacial score (nSPS) is 8.93. The molecule has 0 bridgehead atoms. The lowest BCUT2D eigenvalue weighted by molar-refractivity contribution is 0.370. The third kappa shape index (κ3) is 4.57. The van der Waals surface area contributed by atoms with Crippen molar-refractivity contribution < 1.29 is 4.74 Å². The first kappa shape index (κ1) is 10.7. The van der Waals surface area contributed by atoms with Crippen LogP contribution in [0.5, 0.6) is 5.75 Å². The van der Waals surface area contributed by atoms with Gasteiger partial charge in [0.1, 0.15) is 12.4 Å². The maximum Gasteiger partial charge on any atom is 0.149 e. The van der Waals surface area contributed by atoms with E-state index in [1.807, 2.05) is 24.3 Å². The Labute approximate surface area is 86.1 Å². The van der Waals surface area contributed by atoms with Gasteiger partial charge in [0.2, 0.25) is 0 Å². The Kier molecular flexibility index (Phi) is 5.35. The van der Waals surface area contributed by atoms with Crippen LogP contribution in [0.4, 0.5) is 0 Å². The van der Waals surface area contributed by atoms with Crippen molar-refractivity contribution in [3.05, 3.63) is 30.3 Å². The van der Waals surface area contributed by atoms with Gasteiger partial charge in [0, 0.05) is 6.42 Å². The lowest BCUT2D eigenvalue weighted by Gasteiger charge is -1.99. The van der Waals surface area contributed by atoms with Crippen molar-refractivity contribution in [3.63, 3.8) is 0 Å². The van der Waals surface area contributed by atoms with Gasteiger partial charge in [-0.15, -0.1) is 0 Å². The highest BCUT2D eigenvalue weighted by Gasteiger charge is 1.86. The van der Waals surface area contributed by atoms with Gasteiger partial charge < -0.3 is 4.74 Å². The van der Waals surface area contributed by atoms with Crippen molar-refractivity contribution in [3.8, 4) is 17.6 Å². The van der Waals surface area contributed by atoms with Crippen LogP contribution in [0.25, 0.3) is 0 Å². The highest BCUT2D eigenvalue weighted by molar-refractivity contribution is 5.20. The smallest absolute Gasteiger partial charge is 0.149 e. The van der Waals surface area contributed by atoms with Gasteiger partial charge in [0.15, 0.2) is 0 Å². The second kappa shape index (κ2) is 7.03. The van der Waals surface area contributed by atoms with Crippen molar-refractivity contribution in [1.29, 1.82) is 0 Å². The maximum atomic E-state index is 5.39. The van der Waals surface area contributed by atoms with E-state index in [0.29, 0.717) is 6.61 Å². The molecule has 0 amide bonds. The molecular weight excluding hydrogens is 172 g/mol. The lowest BCUT2D eigenvalue weighted by atomic mass is 10.2. The first-order valence-electron chi connectivity index (χ1n) is 4.98. The Morgan fingerprint density at radius 2 is 2.07 bits per heavy atom. The fourth-order valence-corrected chi connectivity index (χ4v) is 0.992. The molecule has 0 aliphatic heterocycles. The highest BCUT2D eigenvalue weighted by Crippen LogP contribution is 2.06. The molecule has 1 heteroatoms. The number of ether oxygens (including phenoxy) is 1. The van der Waals surface area contributed by atoms with E-state index in [0.717, 1.165) is 12.2 Å². The second-order valence-electron chi connectivity index (χ2n) is 2.98. The molecule has 1 rings (SSSR count). The van der Waals surface area contributed by atoms with Crippen molar-refractivity contribution in [1.82, 2.24) is 0 Å². The summed E-state index contributed by atoms with van der Waals surface area (Å²) in [5, 5.41) is 0. The Balaban J connectivity index is 2.17. The molecule has 0 fully saturated rings. The van der Waals surface area contributed by atoms with Crippen LogP contribution in [0, 0.1) is 17.9 Å². The molecule has 73 valence electrons. The molecule has 0 aliphatic rings. The van der Waals surface area contributed by atoms with Gasteiger partial charge in [0.05, 0.1) is 0 Å². The maximum absolute atomic E-state index is 5.39. The third-order valence-corrected chi connectivity index (χ3v) is 1.78. The Morgan fingerprint density at radius 1 is 1.29 bits per heavy atom. The van der Waals surface area contributed by atoms with Crippen LogP contribution in [0.2, 0.25) is 0 Å². The van der Waals surface area contributed by atoms with Crippen LogP contribution in [-0.4, -0.2) is 6.61 Å². The lowest BCUT2D eigenvalue weighted by Crippen LogP contribution is -1.92. The Morgan fingerprint density at radius 3 is 2.79 bits per heavy atom. The van der Waals surface area contributed by atoms with E-state index < -0.39 is 0 Å². The van der Waals surface area contributed by atoms with Crippen LogP contribution < -0.4 is 4.74 Å². The van der Waals surface area contributed by atoms with Gasteiger partial charge >= 0.3 is 0 Å². The topological polar surface area (TPSA) is 9.23 Å². The van der Waals surface area contributed by atoms with Gasteiger partial charge in [-0.1, -0.05) is 37.3 Å². The van der Waals surface area contributed by atoms with Gasteiger partial charge in [-0.25, -0.2) is 0 Å². The zero-order chi connectivity index (χ0) is 10.1. The first-order chi connectivity index (χ1) is 6.93. The van der Waals surface area contributed by atoms with Crippen molar-refractivity contribution in [2.75, 3.05) is 6.61 Å². The molecule has 0 aromatic heterocycles. The summed E-state index contributed by atoms with van der Waals surface area (Å²) in [6.07, 6.45) is 3.35. The zero-order valence-electron chi connectivity index (χ0n) is 8.55. The van der Waals surface area contributed by atoms with E-state index in [-0.39, 0.29) is 0 Å². The molecule has 0 atom stereocenters. The van der Waals surface area contributed by atoms with E-state index in [1.54, 1.807) is 0 Å². The van der Waals surface area contributed by atoms with E-state index in [9.17, 15) is 0 Å². The molecule has 0 spiro atoms. The predicted molar refractivity (Wildman–Crippen MR) is 58.1 cm³/mol. The fraction of sp³-hybridized carbons (Fsp3) is 0.385. The predicted octanol–water partition coefficient (Wildman–Crippen LogP) is 3.06. The summed E-state index contributed by atoms with van der Waals surface area (Å²) in [5.74, 6) is 6.92. The second-order valence-corrected chi connectivity index (χ2v) is 2.98. The van der Waals surface area contributed by atoms with Gasteiger partial charge in [-0.2, -0.15) is 0 Å². The molecule has 1 aromatic rings. The Bertz CT molecular complexity index is 292. The average Bonchev–Trinajstić information content (AvgIpc) is 2.25. The Hall–Kier alpha value is -1.42. The number of benzene rings is 1. The highest BCUT2D eigenvalue weighted by atomic mass is 16.5. The summed E-state index contributed by atoms with van der Waals surface area (Å²) < 4.78 is 5.39. The summed E-state index contributed by atoms with van der Waals surface area (Å²) in [4.78, 5) is 0. The molecule has 1 nitrogen and oxygen atoms in total. The number of hydrogen-bond acceptors (Lipinski definition) is 1. The standard InChI is InChI=1S/C13H15O/c1-2-3-4-5-9-12-14-13-10-7-6-8-11-13/h7-8,10-11H,2-4,12H2,1H3. The van der Waals surface area contributed by atoms with Crippen molar-refractivity contribution >= 4 is 0 Å². The molecule has 0 saturated heterocycles. The largest absolute Gasteiger partial charge is 0.481 e. The van der Waals surface area contributed by atoms with Crippen LogP contribution in [0.1, 0.15) is 26.2 Å². The molecule has 14 heavy (non-hydrogen) atoms. The number of unbranched alkanes of at least 4 members (excludes halogenated alkanes) is 2. The van der Waals surface area contributed by atoms with E-state index in [2.05, 4.69) is 24.8 Å². The summed E-state index contributed by atoms with van der Waals surface area (Å²) in [7, 11) is 0. The molecule has 0 N–H and O–H groups in total. The van der Waals surface area contributed by atoms with Crippen molar-refractivity contribution in [2.24, 2.45) is 0 Å². The van der Waals surface area contributed by atoms with Crippen LogP contribution in [0.15, 0.2) is 24.3 Å². The van der Waals surface area contributed by atoms with Gasteiger partial charge in [0.25, 0.3) is 0 Å². The first-order valence-corrected chi connectivity index (χ1v) is 4.98. The molecule has 0 aliphatic carbocycles. The zero-order valence-corrected chi connectivity index (χ0v) is 8.55. The molecule has 1 radical (unpaired) electrons. The monoisotopic (exact) mass is 187 g/mol. The van der Waals surface area contributed by atoms with E-state index in [1.165, 1.54) is 12.8 Å². The number of hydrogen-bond donors (Lipinski definition) is 0. The van der Waals surface area contributed by atoms with Crippen molar-refractivity contribution in [2.45, 2.75) is 26.2 Å². The summed E-state index contributed by atoms with van der Waals surface area (Å²) in [5.41, 5.74) is 0. The van der Waals surface area contributed by atoms with E-state index >= 15 is 0 Å². The van der Waals surface area contributed by atoms with E-state index in [4.69, 9.17) is 4.74 Å². The summed E-state index contributed by atoms with van der Waals surface area (Å²) in [6, 6.07) is 10.4. The molecule has 0 unspecified atom stereocenters. The molecule has 0 saturated carbocycles. The summed E-state index contributed by atoms with van der Waals surface area (Å²) in [6.45, 7) is 2.65. The molecule has 1 aromatic carbocycles. The van der Waals surface area contributed by atoms with Crippen LogP contribution >= 0.6 is 0 Å². The minimum Gasteiger partial charge on any atom is -0.481 e. The minimum absolute atomic E-state index is 0.480. The SMILES string of the molecule is CCCCC#CCOc1cc[c]cc1. The van der Waals surface area contributed by atoms with Crippen LogP contribution in [0.3, 0.4) is 0 Å². The van der Waals surface area contributed by atoms with Gasteiger partial charge in [-0.05, 0) is 24.6 Å². The van der Waals surface area contributed by atoms with Crippen LogP contribution in [-0.2, 0) is 0 Å². The molecule has 0 heterocycles. The quantitative estimate of drug-likeness (QED) is 0.520. The third-order valence-electron chi connectivity index (χ3n) is 1.78. The number of rotatable bonds is 4. The minimum atomic E-state index is 0.480.